The minimum absolute atomic E-state index is 0.142. The second kappa shape index (κ2) is 19.8. The van der Waals surface area contributed by atoms with Crippen LogP contribution in [0.5, 0.6) is 23.0 Å². The Labute approximate surface area is 534 Å². The van der Waals surface area contributed by atoms with Crippen molar-refractivity contribution in [3.05, 3.63) is 130 Å². The van der Waals surface area contributed by atoms with Crippen LogP contribution in [0.3, 0.4) is 0 Å². The van der Waals surface area contributed by atoms with E-state index in [2.05, 4.69) is 169 Å². The van der Waals surface area contributed by atoms with Crippen molar-refractivity contribution in [1.29, 1.82) is 0 Å². The van der Waals surface area contributed by atoms with Gasteiger partial charge in [-0.05, 0) is 0 Å². The van der Waals surface area contributed by atoms with E-state index >= 15 is 0 Å². The summed E-state index contributed by atoms with van der Waals surface area (Å²) in [7, 11) is -2.50. The van der Waals surface area contributed by atoms with Crippen molar-refractivity contribution in [2.75, 3.05) is 0 Å². The molecule has 20 nitrogen and oxygen atoms in total. The number of nitrogens with zero attached hydrogens (tertiary/aromatic N) is 8. The number of hydrazone groups is 2. The molecule has 0 aliphatic carbocycles. The van der Waals surface area contributed by atoms with Gasteiger partial charge < -0.3 is 0 Å². The number of imidazole rings is 2. The minimum atomic E-state index is -6.10. The van der Waals surface area contributed by atoms with Crippen molar-refractivity contribution < 1.29 is 55.7 Å². The molecule has 0 fully saturated rings. The van der Waals surface area contributed by atoms with E-state index in [0.29, 0.717) is 23.0 Å². The predicted molar refractivity (Wildman–Crippen MR) is 355 cm³/mol. The number of carbonyl (C=O) groups is 2. The summed E-state index contributed by atoms with van der Waals surface area (Å²) in [5.74, 6) is 2.36. The van der Waals surface area contributed by atoms with Crippen molar-refractivity contribution in [3.8, 4) is 23.0 Å². The zero-order valence-electron chi connectivity index (χ0n) is 56.6. The monoisotopic (exact) mass is 1310 g/mol. The van der Waals surface area contributed by atoms with Crippen LogP contribution in [0.25, 0.3) is 0 Å². The molecule has 0 radical (unpaired) electrons. The van der Waals surface area contributed by atoms with Gasteiger partial charge in [0.1, 0.15) is 0 Å². The summed E-state index contributed by atoms with van der Waals surface area (Å²) in [6.45, 7) is 48.6. The molecule has 6 aromatic rings. The Morgan fingerprint density at radius 3 is 0.900 bits per heavy atom. The summed E-state index contributed by atoms with van der Waals surface area (Å²) >= 11 is 0. The van der Waals surface area contributed by atoms with Crippen molar-refractivity contribution in [3.63, 3.8) is 0 Å². The van der Waals surface area contributed by atoms with Crippen molar-refractivity contribution in [1.82, 2.24) is 28.2 Å². The molecule has 4 aromatic carbocycles. The number of fused-ring (bicyclic) bond motifs is 8. The molecule has 24 heteroatoms. The molecule has 2 amide bonds. The van der Waals surface area contributed by atoms with Gasteiger partial charge in [-0.2, -0.15) is 0 Å². The van der Waals surface area contributed by atoms with E-state index in [1.54, 1.807) is 73.8 Å². The van der Waals surface area contributed by atoms with Gasteiger partial charge in [-0.25, -0.2) is 0 Å². The van der Waals surface area contributed by atoms with Crippen molar-refractivity contribution >= 4 is 57.6 Å². The van der Waals surface area contributed by atoms with Gasteiger partial charge in [0, 0.05) is 0 Å². The number of aromatic nitrogens is 4. The van der Waals surface area contributed by atoms with Crippen LogP contribution < -0.4 is 18.1 Å². The predicted octanol–water partition coefficient (Wildman–Crippen LogP) is 17.2. The summed E-state index contributed by atoms with van der Waals surface area (Å²) < 4.78 is 74.9. The molecule has 0 saturated heterocycles. The van der Waals surface area contributed by atoms with Crippen molar-refractivity contribution in [2.45, 2.75) is 232 Å². The first-order chi connectivity index (χ1) is 41.6. The molecule has 0 unspecified atom stereocenters. The number of ether oxygens (including phenoxy) is 4. The van der Waals surface area contributed by atoms with Gasteiger partial charge in [-0.15, -0.1) is 0 Å². The van der Waals surface area contributed by atoms with Crippen LogP contribution in [0.15, 0.2) is 116 Å². The van der Waals surface area contributed by atoms with Gasteiger partial charge in [-0.1, -0.05) is 0 Å². The van der Waals surface area contributed by atoms with Crippen LogP contribution in [-0.2, 0) is 70.7 Å². The molecule has 0 bridgehead atoms. The summed E-state index contributed by atoms with van der Waals surface area (Å²) in [6.07, 6.45) is -5.78. The molecular weight excluding hydrogens is 1220 g/mol. The fourth-order valence-corrected chi connectivity index (χ4v) is 38.3. The molecule has 90 heavy (non-hydrogen) atoms. The van der Waals surface area contributed by atoms with Crippen LogP contribution in [0, 0.1) is 27.7 Å². The van der Waals surface area contributed by atoms with E-state index in [-0.39, 0.29) is 46.0 Å². The average Bonchev–Trinajstić information content (AvgIpc) is 1.43. The molecule has 0 N–H and O–H groups in total. The van der Waals surface area contributed by atoms with Gasteiger partial charge >= 0.3 is 537 Å². The second-order valence-electron chi connectivity index (χ2n) is 29.4. The van der Waals surface area contributed by atoms with Crippen LogP contribution >= 0.6 is 12.3 Å². The molecule has 2 spiro atoms. The Morgan fingerprint density at radius 2 is 0.689 bits per heavy atom. The third-order valence-corrected chi connectivity index (χ3v) is 38.7. The molecule has 2 aromatic heterocycles. The number of rotatable bonds is 6. The van der Waals surface area contributed by atoms with E-state index < -0.39 is 57.7 Å². The van der Waals surface area contributed by atoms with E-state index in [1.807, 2.05) is 27.7 Å². The molecule has 488 valence electrons. The van der Waals surface area contributed by atoms with Crippen LogP contribution in [-0.4, -0.2) is 77.0 Å². The van der Waals surface area contributed by atoms with Gasteiger partial charge in [-0.3, -0.25) is 0 Å². The van der Waals surface area contributed by atoms with Crippen LogP contribution in [0.1, 0.15) is 183 Å². The summed E-state index contributed by atoms with van der Waals surface area (Å²) in [4.78, 5) is 41.6. The summed E-state index contributed by atoms with van der Waals surface area (Å²) in [5, 5.41) is 9.55. The zero-order chi connectivity index (χ0) is 65.9. The Kier molecular flexibility index (Phi) is 14.2. The third-order valence-electron chi connectivity index (χ3n) is 16.1. The molecule has 6 aliphatic rings. The Morgan fingerprint density at radius 1 is 0.422 bits per heavy atom. The van der Waals surface area contributed by atoms with E-state index in [1.165, 1.54) is 9.56 Å². The molecule has 0 saturated carbocycles. The fraction of sp³-hybridized carbons (Fsp3) is 0.485. The Hall–Kier alpha value is -6.86. The fourth-order valence-electron chi connectivity index (χ4n) is 12.5. The zero-order valence-corrected chi connectivity index (χ0v) is 60.0. The number of aryl methyl sites for hydroxylation is 4. The third kappa shape index (κ3) is 8.67. The standard InChI is InChI=1S/2C33H45N4O6PS/c2*1-20(2)39-30-35-37(31(38)40-21(3)4)44(43-30,36-14-13-34-19-36)41-28-24(32(7,8)9)15-22(5)17-26(28)45(44)27-18-23(6)16-25(29(27)42-44)33(10,11)12/h2*13-21H,1-12H3. The van der Waals surface area contributed by atoms with Crippen molar-refractivity contribution in [2.24, 2.45) is 10.2 Å². The normalized spacial score (nSPS) is 21.8. The van der Waals surface area contributed by atoms with Gasteiger partial charge in [0.25, 0.3) is 0 Å². The van der Waals surface area contributed by atoms with Gasteiger partial charge in [0.15, 0.2) is 0 Å². The number of benzene rings is 4. The maximum atomic E-state index is 14.6. The topological polar surface area (TPSA) is 193 Å². The van der Waals surface area contributed by atoms with Crippen LogP contribution in [0.4, 0.5) is 9.59 Å². The molecular formula is C66H90N8O12P2S2. The van der Waals surface area contributed by atoms with Gasteiger partial charge in [0.05, 0.1) is 0 Å². The number of amides is 2. The summed E-state index contributed by atoms with van der Waals surface area (Å²) in [5.41, 5.74) is 6.62. The molecule has 8 heterocycles. The van der Waals surface area contributed by atoms with E-state index in [9.17, 15) is 9.59 Å². The average molecular weight is 1310 g/mol. The van der Waals surface area contributed by atoms with E-state index in [4.69, 9.17) is 56.3 Å². The first-order valence-electron chi connectivity index (χ1n) is 30.7. The Bertz CT molecular complexity index is 3660. The maximum absolute atomic E-state index is 14.6. The van der Waals surface area contributed by atoms with E-state index in [0.717, 1.165) is 64.1 Å². The molecule has 12 rings (SSSR count). The molecule has 0 atom stereocenters. The first-order valence-corrected chi connectivity index (χ1v) is 39.1. The Balaban J connectivity index is 0.000000185. The summed E-state index contributed by atoms with van der Waals surface area (Å²) in [6, 6.07) is 17.0. The first kappa shape index (κ1) is 64.7. The second-order valence-corrected chi connectivity index (χ2v) is 46.7. The number of carbonyl (C=O) groups excluding carboxylic acids is 2. The number of hydrogen-bond acceptors (Lipinski definition) is 16. The van der Waals surface area contributed by atoms with Crippen LogP contribution in [0.2, 0.25) is 0 Å². The molecule has 6 aliphatic heterocycles. The SMILES string of the molecule is Cc1cc2c(c(C(C)(C)C)c1)O[P-]13(n4ccnc4)(OC(OC(C)C)=NN1C(=O)OC(C)C)Oc1c(cc(C)cc1C(C)(C)C)[S+]23.Cc1cc2c(c(C(C)(C)C)c1)O[P-]13(n4ccnc4)(OC(OC(C)C)=NN1C(=O)OC(C)C)Oc1c(cc(C)cc1C(C)(C)C)[S+]23. The van der Waals surface area contributed by atoms with Gasteiger partial charge in [0.2, 0.25) is 0 Å². The number of hydrogen-bond donors (Lipinski definition) is 0. The quantitative estimate of drug-likeness (QED) is 0.113.